The van der Waals surface area contributed by atoms with Crippen LogP contribution in [0.25, 0.3) is 11.1 Å². The molecule has 0 radical (unpaired) electrons. The highest BCUT2D eigenvalue weighted by Crippen LogP contribution is 2.15. The summed E-state index contributed by atoms with van der Waals surface area (Å²) >= 11 is 0. The number of nitrogens with one attached hydrogen (secondary N) is 3. The van der Waals surface area contributed by atoms with E-state index in [-0.39, 0.29) is 18.4 Å². The molecule has 3 aromatic rings. The number of aromatic amines is 1. The first-order chi connectivity index (χ1) is 11.1. The Morgan fingerprint density at radius 3 is 2.65 bits per heavy atom. The number of fused-ring (bicyclic) bond motifs is 1. The van der Waals surface area contributed by atoms with Crippen LogP contribution in [-0.2, 0) is 4.79 Å². The van der Waals surface area contributed by atoms with Crippen molar-refractivity contribution in [2.75, 3.05) is 11.9 Å². The molecular weight excluding hydrogens is 298 g/mol. The van der Waals surface area contributed by atoms with Crippen molar-refractivity contribution < 1.29 is 14.0 Å². The summed E-state index contributed by atoms with van der Waals surface area (Å²) in [5.74, 6) is -1.27. The van der Waals surface area contributed by atoms with Gasteiger partial charge in [0.05, 0.1) is 12.1 Å². The average Bonchev–Trinajstić information content (AvgIpc) is 2.92. The molecule has 116 valence electrons. The largest absolute Gasteiger partial charge is 0.417 e. The maximum atomic E-state index is 11.9. The summed E-state index contributed by atoms with van der Waals surface area (Å²) in [5.41, 5.74) is 1.85. The SMILES string of the molecule is O=C(CNC(=O)c1ccccc1)Nc1ccc2[nH]c(=O)oc2c1. The van der Waals surface area contributed by atoms with Gasteiger partial charge in [0.15, 0.2) is 5.58 Å². The lowest BCUT2D eigenvalue weighted by molar-refractivity contribution is -0.115. The lowest BCUT2D eigenvalue weighted by atomic mass is 10.2. The first kappa shape index (κ1) is 14.6. The number of amides is 2. The van der Waals surface area contributed by atoms with Crippen molar-refractivity contribution in [3.63, 3.8) is 0 Å². The molecule has 2 amide bonds. The number of carbonyl (C=O) groups is 2. The second-order valence-electron chi connectivity index (χ2n) is 4.82. The number of hydrogen-bond acceptors (Lipinski definition) is 4. The number of H-pyrrole nitrogens is 1. The molecule has 0 aliphatic carbocycles. The van der Waals surface area contributed by atoms with Gasteiger partial charge in [-0.1, -0.05) is 18.2 Å². The lowest BCUT2D eigenvalue weighted by Crippen LogP contribution is -2.32. The molecular formula is C16H13N3O4. The second-order valence-corrected chi connectivity index (χ2v) is 4.82. The molecule has 0 fully saturated rings. The number of aromatic nitrogens is 1. The topological polar surface area (TPSA) is 104 Å². The molecule has 0 bridgehead atoms. The molecule has 3 rings (SSSR count). The predicted molar refractivity (Wildman–Crippen MR) is 84.2 cm³/mol. The van der Waals surface area contributed by atoms with Crippen LogP contribution < -0.4 is 16.4 Å². The summed E-state index contributed by atoms with van der Waals surface area (Å²) in [6.45, 7) is -0.164. The van der Waals surface area contributed by atoms with Crippen LogP contribution in [0.4, 0.5) is 5.69 Å². The Bertz CT molecular complexity index is 912. The summed E-state index contributed by atoms with van der Waals surface area (Å²) < 4.78 is 4.91. The fourth-order valence-electron chi connectivity index (χ4n) is 2.08. The Labute approximate surface area is 130 Å². The quantitative estimate of drug-likeness (QED) is 0.679. The summed E-state index contributed by atoms with van der Waals surface area (Å²) in [6, 6.07) is 13.4. The zero-order valence-electron chi connectivity index (χ0n) is 12.0. The van der Waals surface area contributed by atoms with E-state index in [0.717, 1.165) is 0 Å². The molecule has 1 aromatic heterocycles. The number of oxazole rings is 1. The number of carbonyl (C=O) groups excluding carboxylic acids is 2. The standard InChI is InChI=1S/C16H13N3O4/c20-14(9-17-15(21)10-4-2-1-3-5-10)18-11-6-7-12-13(8-11)23-16(22)19-12/h1-8H,9H2,(H,17,21)(H,18,20)(H,19,22). The van der Waals surface area contributed by atoms with Crippen LogP contribution >= 0.6 is 0 Å². The van der Waals surface area contributed by atoms with Gasteiger partial charge in [-0.2, -0.15) is 0 Å². The van der Waals surface area contributed by atoms with E-state index in [4.69, 9.17) is 4.42 Å². The summed E-state index contributed by atoms with van der Waals surface area (Å²) in [4.78, 5) is 37.3. The Morgan fingerprint density at radius 1 is 1.09 bits per heavy atom. The van der Waals surface area contributed by atoms with E-state index in [9.17, 15) is 14.4 Å². The highest BCUT2D eigenvalue weighted by atomic mass is 16.4. The van der Waals surface area contributed by atoms with E-state index in [0.29, 0.717) is 22.4 Å². The van der Waals surface area contributed by atoms with Crippen LogP contribution in [0.2, 0.25) is 0 Å². The molecule has 0 saturated heterocycles. The molecule has 0 saturated carbocycles. The minimum atomic E-state index is -0.557. The fraction of sp³-hybridized carbons (Fsp3) is 0.0625. The maximum Gasteiger partial charge on any atom is 0.417 e. The van der Waals surface area contributed by atoms with Crippen LogP contribution in [0, 0.1) is 0 Å². The van der Waals surface area contributed by atoms with Gasteiger partial charge in [-0.15, -0.1) is 0 Å². The Kier molecular flexibility index (Phi) is 3.92. The van der Waals surface area contributed by atoms with Crippen molar-refractivity contribution in [3.8, 4) is 0 Å². The number of hydrogen-bond donors (Lipinski definition) is 3. The van der Waals surface area contributed by atoms with E-state index in [1.165, 1.54) is 6.07 Å². The van der Waals surface area contributed by atoms with Crippen LogP contribution in [0.5, 0.6) is 0 Å². The minimum Gasteiger partial charge on any atom is -0.408 e. The molecule has 0 aliphatic heterocycles. The zero-order valence-corrected chi connectivity index (χ0v) is 12.0. The van der Waals surface area contributed by atoms with Crippen molar-refractivity contribution in [3.05, 3.63) is 64.6 Å². The van der Waals surface area contributed by atoms with E-state index in [2.05, 4.69) is 15.6 Å². The second kappa shape index (κ2) is 6.18. The summed E-state index contributed by atoms with van der Waals surface area (Å²) in [7, 11) is 0. The van der Waals surface area contributed by atoms with Gasteiger partial charge in [0.1, 0.15) is 0 Å². The van der Waals surface area contributed by atoms with Crippen molar-refractivity contribution in [2.24, 2.45) is 0 Å². The van der Waals surface area contributed by atoms with E-state index in [1.54, 1.807) is 42.5 Å². The van der Waals surface area contributed by atoms with Crippen molar-refractivity contribution in [1.82, 2.24) is 10.3 Å². The highest BCUT2D eigenvalue weighted by molar-refractivity contribution is 5.99. The highest BCUT2D eigenvalue weighted by Gasteiger charge is 2.09. The number of rotatable bonds is 4. The lowest BCUT2D eigenvalue weighted by Gasteiger charge is -2.07. The molecule has 2 aromatic carbocycles. The monoisotopic (exact) mass is 311 g/mol. The Morgan fingerprint density at radius 2 is 1.87 bits per heavy atom. The van der Waals surface area contributed by atoms with Gasteiger partial charge in [0.2, 0.25) is 5.91 Å². The molecule has 0 aliphatic rings. The Balaban J connectivity index is 1.60. The van der Waals surface area contributed by atoms with Gasteiger partial charge in [-0.3, -0.25) is 14.6 Å². The van der Waals surface area contributed by atoms with Crippen molar-refractivity contribution in [1.29, 1.82) is 0 Å². The van der Waals surface area contributed by atoms with Gasteiger partial charge in [-0.25, -0.2) is 4.79 Å². The number of anilines is 1. The summed E-state index contributed by atoms with van der Waals surface area (Å²) in [5, 5.41) is 5.15. The van der Waals surface area contributed by atoms with Gasteiger partial charge in [-0.05, 0) is 24.3 Å². The molecule has 0 spiro atoms. The van der Waals surface area contributed by atoms with Crippen LogP contribution in [0.1, 0.15) is 10.4 Å². The smallest absolute Gasteiger partial charge is 0.408 e. The van der Waals surface area contributed by atoms with Gasteiger partial charge >= 0.3 is 5.76 Å². The van der Waals surface area contributed by atoms with Crippen molar-refractivity contribution in [2.45, 2.75) is 0 Å². The van der Waals surface area contributed by atoms with Crippen molar-refractivity contribution >= 4 is 28.6 Å². The molecule has 1 heterocycles. The van der Waals surface area contributed by atoms with Gasteiger partial charge < -0.3 is 15.1 Å². The van der Waals surface area contributed by atoms with Crippen LogP contribution in [-0.4, -0.2) is 23.3 Å². The minimum absolute atomic E-state index is 0.164. The zero-order chi connectivity index (χ0) is 16.2. The van der Waals surface area contributed by atoms with Gasteiger partial charge in [0.25, 0.3) is 5.91 Å². The first-order valence-corrected chi connectivity index (χ1v) is 6.88. The molecule has 0 unspecified atom stereocenters. The Hall–Kier alpha value is -3.35. The van der Waals surface area contributed by atoms with Crippen LogP contribution in [0.15, 0.2) is 57.7 Å². The maximum absolute atomic E-state index is 11.9. The number of benzene rings is 2. The van der Waals surface area contributed by atoms with E-state index < -0.39 is 5.76 Å². The van der Waals surface area contributed by atoms with Crippen LogP contribution in [0.3, 0.4) is 0 Å². The molecule has 0 atom stereocenters. The molecule has 3 N–H and O–H groups in total. The predicted octanol–water partition coefficient (Wildman–Crippen LogP) is 1.49. The van der Waals surface area contributed by atoms with E-state index in [1.807, 2.05) is 0 Å². The molecule has 7 nitrogen and oxygen atoms in total. The average molecular weight is 311 g/mol. The van der Waals surface area contributed by atoms with E-state index >= 15 is 0 Å². The normalized spacial score (nSPS) is 10.4. The van der Waals surface area contributed by atoms with Gasteiger partial charge in [0, 0.05) is 17.3 Å². The first-order valence-electron chi connectivity index (χ1n) is 6.88. The molecule has 23 heavy (non-hydrogen) atoms. The third kappa shape index (κ3) is 3.46. The molecule has 7 heteroatoms. The third-order valence-electron chi connectivity index (χ3n) is 3.15. The third-order valence-corrected chi connectivity index (χ3v) is 3.15. The summed E-state index contributed by atoms with van der Waals surface area (Å²) in [6.07, 6.45) is 0. The fourth-order valence-corrected chi connectivity index (χ4v) is 2.08.